The Bertz CT molecular complexity index is 693. The molecule has 0 amide bonds. The first-order valence-electron chi connectivity index (χ1n) is 6.55. The largest absolute Gasteiger partial charge is 0.477 e. The van der Waals surface area contributed by atoms with Crippen LogP contribution in [-0.4, -0.2) is 27.1 Å². The number of hydrogen-bond donors (Lipinski definition) is 2. The maximum absolute atomic E-state index is 11.2. The van der Waals surface area contributed by atoms with Gasteiger partial charge in [-0.3, -0.25) is 0 Å². The zero-order valence-electron chi connectivity index (χ0n) is 11.1. The summed E-state index contributed by atoms with van der Waals surface area (Å²) in [6, 6.07) is 0.352. The predicted octanol–water partition coefficient (Wildman–Crippen LogP) is 3.22. The van der Waals surface area contributed by atoms with Crippen LogP contribution in [0.25, 0.3) is 10.2 Å². The van der Waals surface area contributed by atoms with E-state index in [1.165, 1.54) is 17.7 Å². The van der Waals surface area contributed by atoms with Gasteiger partial charge >= 0.3 is 5.97 Å². The number of rotatable bonds is 3. The highest BCUT2D eigenvalue weighted by atomic mass is 32.1. The van der Waals surface area contributed by atoms with Gasteiger partial charge in [-0.25, -0.2) is 14.8 Å². The Morgan fingerprint density at radius 1 is 1.45 bits per heavy atom. The first-order valence-corrected chi connectivity index (χ1v) is 7.37. The smallest absolute Gasteiger partial charge is 0.346 e. The van der Waals surface area contributed by atoms with Crippen LogP contribution < -0.4 is 5.32 Å². The van der Waals surface area contributed by atoms with Gasteiger partial charge in [0.2, 0.25) is 0 Å². The third-order valence-corrected chi connectivity index (χ3v) is 4.72. The second-order valence-corrected chi connectivity index (χ2v) is 5.89. The van der Waals surface area contributed by atoms with Crippen molar-refractivity contribution in [2.75, 3.05) is 5.32 Å². The SMILES string of the molecule is Cc1c(C(=O)O)sc2ncnc(NC3CC=CCC3)c12. The Hall–Kier alpha value is -1.95. The lowest BCUT2D eigenvalue weighted by molar-refractivity contribution is 0.0701. The van der Waals surface area contributed by atoms with Gasteiger partial charge in [-0.2, -0.15) is 0 Å². The minimum atomic E-state index is -0.906. The van der Waals surface area contributed by atoms with E-state index in [-0.39, 0.29) is 0 Å². The molecule has 0 fully saturated rings. The number of aromatic nitrogens is 2. The number of nitrogens with zero attached hydrogens (tertiary/aromatic N) is 2. The van der Waals surface area contributed by atoms with Crippen molar-refractivity contribution in [3.8, 4) is 0 Å². The van der Waals surface area contributed by atoms with Crippen LogP contribution in [0.5, 0.6) is 0 Å². The van der Waals surface area contributed by atoms with Crippen molar-refractivity contribution >= 4 is 33.3 Å². The number of carboxylic acid groups (broad SMARTS) is 1. The first-order chi connectivity index (χ1) is 9.66. The van der Waals surface area contributed by atoms with E-state index in [4.69, 9.17) is 0 Å². The average Bonchev–Trinajstić information content (AvgIpc) is 2.79. The summed E-state index contributed by atoms with van der Waals surface area (Å²) >= 11 is 1.20. The highest BCUT2D eigenvalue weighted by Crippen LogP contribution is 2.33. The minimum Gasteiger partial charge on any atom is -0.477 e. The highest BCUT2D eigenvalue weighted by Gasteiger charge is 2.20. The molecule has 0 saturated heterocycles. The van der Waals surface area contributed by atoms with Crippen LogP contribution in [0.2, 0.25) is 0 Å². The lowest BCUT2D eigenvalue weighted by Gasteiger charge is -2.20. The molecule has 1 aliphatic rings. The molecule has 0 aromatic carbocycles. The van der Waals surface area contributed by atoms with Crippen molar-refractivity contribution < 1.29 is 9.90 Å². The molecule has 104 valence electrons. The summed E-state index contributed by atoms with van der Waals surface area (Å²) in [5, 5.41) is 13.5. The van der Waals surface area contributed by atoms with Crippen LogP contribution in [0.3, 0.4) is 0 Å². The maximum Gasteiger partial charge on any atom is 0.346 e. The number of nitrogens with one attached hydrogen (secondary N) is 1. The first kappa shape index (κ1) is 13.1. The normalized spacial score (nSPS) is 18.4. The van der Waals surface area contributed by atoms with E-state index >= 15 is 0 Å². The number of carbonyl (C=O) groups is 1. The molecule has 0 saturated carbocycles. The van der Waals surface area contributed by atoms with Gasteiger partial charge in [-0.05, 0) is 31.7 Å². The van der Waals surface area contributed by atoms with Crippen LogP contribution in [0.4, 0.5) is 5.82 Å². The molecule has 0 radical (unpaired) electrons. The highest BCUT2D eigenvalue weighted by molar-refractivity contribution is 7.20. The van der Waals surface area contributed by atoms with E-state index in [0.29, 0.717) is 10.9 Å². The molecule has 1 atom stereocenters. The summed E-state index contributed by atoms with van der Waals surface area (Å²) in [4.78, 5) is 20.8. The lowest BCUT2D eigenvalue weighted by Crippen LogP contribution is -2.21. The van der Waals surface area contributed by atoms with Crippen molar-refractivity contribution in [3.63, 3.8) is 0 Å². The van der Waals surface area contributed by atoms with Crippen molar-refractivity contribution in [1.82, 2.24) is 9.97 Å². The molecule has 20 heavy (non-hydrogen) atoms. The van der Waals surface area contributed by atoms with Gasteiger partial charge in [0.25, 0.3) is 0 Å². The van der Waals surface area contributed by atoms with Crippen molar-refractivity contribution in [2.45, 2.75) is 32.2 Å². The third-order valence-electron chi connectivity index (χ3n) is 3.53. The van der Waals surface area contributed by atoms with Crippen LogP contribution >= 0.6 is 11.3 Å². The Balaban J connectivity index is 2.02. The molecular formula is C14H15N3O2S. The molecule has 1 aliphatic carbocycles. The number of carboxylic acids is 1. The summed E-state index contributed by atoms with van der Waals surface area (Å²) in [5.74, 6) is -0.159. The van der Waals surface area contributed by atoms with E-state index in [2.05, 4.69) is 27.4 Å². The fraction of sp³-hybridized carbons (Fsp3) is 0.357. The van der Waals surface area contributed by atoms with E-state index in [9.17, 15) is 9.90 Å². The summed E-state index contributed by atoms with van der Waals surface area (Å²) in [6.45, 7) is 1.82. The number of anilines is 1. The zero-order chi connectivity index (χ0) is 14.1. The van der Waals surface area contributed by atoms with Crippen LogP contribution in [0, 0.1) is 6.92 Å². The third kappa shape index (κ3) is 2.27. The molecule has 1 unspecified atom stereocenters. The average molecular weight is 289 g/mol. The Morgan fingerprint density at radius 2 is 2.30 bits per heavy atom. The maximum atomic E-state index is 11.2. The number of hydrogen-bond acceptors (Lipinski definition) is 5. The molecule has 0 aliphatic heterocycles. The van der Waals surface area contributed by atoms with Crippen LogP contribution in [0.1, 0.15) is 34.5 Å². The summed E-state index contributed by atoms with van der Waals surface area (Å²) in [7, 11) is 0. The molecule has 0 spiro atoms. The van der Waals surface area contributed by atoms with E-state index < -0.39 is 5.97 Å². The van der Waals surface area contributed by atoms with Gasteiger partial charge in [0, 0.05) is 6.04 Å². The van der Waals surface area contributed by atoms with Gasteiger partial charge in [0.1, 0.15) is 21.9 Å². The van der Waals surface area contributed by atoms with E-state index in [1.807, 2.05) is 6.92 Å². The number of aryl methyl sites for hydroxylation is 1. The second-order valence-electron chi connectivity index (χ2n) is 4.89. The molecule has 3 rings (SSSR count). The van der Waals surface area contributed by atoms with Crippen LogP contribution in [0.15, 0.2) is 18.5 Å². The van der Waals surface area contributed by atoms with Gasteiger partial charge in [-0.1, -0.05) is 12.2 Å². The molecule has 5 nitrogen and oxygen atoms in total. The summed E-state index contributed by atoms with van der Waals surface area (Å²) in [6.07, 6.45) is 8.95. The van der Waals surface area contributed by atoms with Gasteiger partial charge in [-0.15, -0.1) is 11.3 Å². The van der Waals surface area contributed by atoms with Gasteiger partial charge < -0.3 is 10.4 Å². The lowest BCUT2D eigenvalue weighted by atomic mass is 10.0. The zero-order valence-corrected chi connectivity index (χ0v) is 11.9. The number of aromatic carboxylic acids is 1. The minimum absolute atomic E-state index is 0.340. The summed E-state index contributed by atoms with van der Waals surface area (Å²) in [5.41, 5.74) is 0.743. The molecule has 2 aromatic heterocycles. The molecule has 0 bridgehead atoms. The Morgan fingerprint density at radius 3 is 3.00 bits per heavy atom. The Labute approximate surface area is 120 Å². The molecule has 2 heterocycles. The quantitative estimate of drug-likeness (QED) is 0.849. The van der Waals surface area contributed by atoms with Crippen molar-refractivity contribution in [3.05, 3.63) is 28.9 Å². The number of allylic oxidation sites excluding steroid dienone is 1. The fourth-order valence-electron chi connectivity index (χ4n) is 2.50. The summed E-state index contributed by atoms with van der Waals surface area (Å²) < 4.78 is 0. The van der Waals surface area contributed by atoms with Crippen molar-refractivity contribution in [1.29, 1.82) is 0 Å². The van der Waals surface area contributed by atoms with E-state index in [0.717, 1.165) is 40.9 Å². The molecular weight excluding hydrogens is 274 g/mol. The van der Waals surface area contributed by atoms with E-state index in [1.54, 1.807) is 0 Å². The fourth-order valence-corrected chi connectivity index (χ4v) is 3.49. The second kappa shape index (κ2) is 5.20. The monoisotopic (exact) mass is 289 g/mol. The number of thiophene rings is 1. The topological polar surface area (TPSA) is 75.1 Å². The molecule has 2 N–H and O–H groups in total. The van der Waals surface area contributed by atoms with Crippen molar-refractivity contribution in [2.24, 2.45) is 0 Å². The standard InChI is InChI=1S/C14H15N3O2S/c1-8-10-12(17-9-5-3-2-4-6-9)15-7-16-13(10)20-11(8)14(18)19/h2-3,7,9H,4-6H2,1H3,(H,18,19)(H,15,16,17). The van der Waals surface area contributed by atoms with Gasteiger partial charge in [0.15, 0.2) is 0 Å². The molecule has 6 heteroatoms. The van der Waals surface area contributed by atoms with Gasteiger partial charge in [0.05, 0.1) is 5.39 Å². The molecule has 2 aromatic rings. The Kier molecular flexibility index (Phi) is 3.40. The number of fused-ring (bicyclic) bond motifs is 1. The predicted molar refractivity (Wildman–Crippen MR) is 79.5 cm³/mol. The van der Waals surface area contributed by atoms with Crippen LogP contribution in [-0.2, 0) is 0 Å².